The lowest BCUT2D eigenvalue weighted by atomic mass is 10.1. The van der Waals surface area contributed by atoms with Crippen molar-refractivity contribution >= 4 is 17.2 Å². The van der Waals surface area contributed by atoms with Crippen molar-refractivity contribution in [1.82, 2.24) is 5.32 Å². The standard InChI is InChI=1S/C20H24N4/c1-3-15-5-9-17(10-6-15)23-19-20(22-14-13-21-19)24-18-11-7-16(4-2)8-12-18/h5-14,19,21,23H,3-4H2,1-2H3,(H,22,24). The van der Waals surface area contributed by atoms with E-state index in [4.69, 9.17) is 0 Å². The maximum atomic E-state index is 4.48. The van der Waals surface area contributed by atoms with Gasteiger partial charge in [0.1, 0.15) is 5.84 Å². The molecule has 2 aromatic rings. The molecule has 0 aliphatic carbocycles. The minimum Gasteiger partial charge on any atom is -0.364 e. The first-order chi connectivity index (χ1) is 11.8. The average molecular weight is 320 g/mol. The van der Waals surface area contributed by atoms with Crippen molar-refractivity contribution in [3.05, 3.63) is 72.1 Å². The Hall–Kier alpha value is -2.75. The van der Waals surface area contributed by atoms with Gasteiger partial charge in [-0.3, -0.25) is 0 Å². The molecule has 1 aliphatic rings. The monoisotopic (exact) mass is 320 g/mol. The third-order valence-electron chi connectivity index (χ3n) is 4.13. The first-order valence-electron chi connectivity index (χ1n) is 8.48. The van der Waals surface area contributed by atoms with E-state index in [2.05, 4.69) is 83.3 Å². The van der Waals surface area contributed by atoms with E-state index in [1.807, 2.05) is 6.20 Å². The van der Waals surface area contributed by atoms with Crippen LogP contribution in [0.15, 0.2) is 65.9 Å². The second-order valence-corrected chi connectivity index (χ2v) is 5.80. The van der Waals surface area contributed by atoms with Crippen LogP contribution in [0.2, 0.25) is 0 Å². The van der Waals surface area contributed by atoms with Gasteiger partial charge in [0.15, 0.2) is 6.17 Å². The molecule has 0 amide bonds. The Balaban J connectivity index is 1.69. The van der Waals surface area contributed by atoms with Gasteiger partial charge in [0, 0.05) is 23.8 Å². The highest BCUT2D eigenvalue weighted by atomic mass is 15.2. The van der Waals surface area contributed by atoms with E-state index in [9.17, 15) is 0 Å². The van der Waals surface area contributed by atoms with Gasteiger partial charge in [-0.25, -0.2) is 4.99 Å². The average Bonchev–Trinajstić information content (AvgIpc) is 2.64. The summed E-state index contributed by atoms with van der Waals surface area (Å²) >= 11 is 0. The van der Waals surface area contributed by atoms with Crippen molar-refractivity contribution in [2.24, 2.45) is 4.99 Å². The summed E-state index contributed by atoms with van der Waals surface area (Å²) in [4.78, 5) is 4.48. The molecule has 0 fully saturated rings. The minimum atomic E-state index is -0.0895. The summed E-state index contributed by atoms with van der Waals surface area (Å²) in [6.45, 7) is 4.32. The molecule has 4 heteroatoms. The number of nitrogens with zero attached hydrogens (tertiary/aromatic N) is 1. The highest BCUT2D eigenvalue weighted by molar-refractivity contribution is 6.01. The van der Waals surface area contributed by atoms with E-state index in [0.29, 0.717) is 0 Å². The van der Waals surface area contributed by atoms with Gasteiger partial charge in [0.2, 0.25) is 0 Å². The zero-order chi connectivity index (χ0) is 16.8. The zero-order valence-corrected chi connectivity index (χ0v) is 14.2. The van der Waals surface area contributed by atoms with Gasteiger partial charge in [-0.1, -0.05) is 38.1 Å². The lowest BCUT2D eigenvalue weighted by Crippen LogP contribution is -2.45. The molecule has 1 aliphatic heterocycles. The number of hydrogen-bond donors (Lipinski definition) is 3. The van der Waals surface area contributed by atoms with Crippen molar-refractivity contribution in [3.63, 3.8) is 0 Å². The SMILES string of the molecule is CCc1ccc(NC2=NC=CNC2Nc2ccc(CC)cc2)cc1. The van der Waals surface area contributed by atoms with E-state index in [-0.39, 0.29) is 6.17 Å². The summed E-state index contributed by atoms with van der Waals surface area (Å²) in [5.41, 5.74) is 4.77. The van der Waals surface area contributed by atoms with Gasteiger partial charge < -0.3 is 16.0 Å². The molecule has 24 heavy (non-hydrogen) atoms. The van der Waals surface area contributed by atoms with Crippen molar-refractivity contribution in [3.8, 4) is 0 Å². The molecule has 0 saturated heterocycles. The summed E-state index contributed by atoms with van der Waals surface area (Å²) < 4.78 is 0. The van der Waals surface area contributed by atoms with Crippen LogP contribution in [0.5, 0.6) is 0 Å². The lowest BCUT2D eigenvalue weighted by Gasteiger charge is -2.25. The lowest BCUT2D eigenvalue weighted by molar-refractivity contribution is 0.802. The van der Waals surface area contributed by atoms with E-state index < -0.39 is 0 Å². The summed E-state index contributed by atoms with van der Waals surface area (Å²) in [5.74, 6) is 0.848. The Morgan fingerprint density at radius 2 is 1.46 bits per heavy atom. The fraction of sp³-hybridized carbons (Fsp3) is 0.250. The molecule has 124 valence electrons. The van der Waals surface area contributed by atoms with Gasteiger partial charge in [0.25, 0.3) is 0 Å². The number of hydrogen-bond acceptors (Lipinski definition) is 4. The van der Waals surface area contributed by atoms with Crippen LogP contribution in [-0.2, 0) is 12.8 Å². The van der Waals surface area contributed by atoms with Crippen LogP contribution < -0.4 is 16.0 Å². The number of anilines is 2. The Bertz CT molecular complexity index is 714. The molecular weight excluding hydrogens is 296 g/mol. The maximum Gasteiger partial charge on any atom is 0.156 e. The molecular formula is C20H24N4. The smallest absolute Gasteiger partial charge is 0.156 e. The Labute approximate surface area is 143 Å². The van der Waals surface area contributed by atoms with E-state index >= 15 is 0 Å². The zero-order valence-electron chi connectivity index (χ0n) is 14.2. The topological polar surface area (TPSA) is 48.5 Å². The summed E-state index contributed by atoms with van der Waals surface area (Å²) in [6.07, 6.45) is 5.62. The van der Waals surface area contributed by atoms with Crippen molar-refractivity contribution in [2.75, 3.05) is 10.6 Å². The quantitative estimate of drug-likeness (QED) is 0.776. The first kappa shape index (κ1) is 16.1. The van der Waals surface area contributed by atoms with E-state index in [1.165, 1.54) is 11.1 Å². The van der Waals surface area contributed by atoms with Gasteiger partial charge in [0.05, 0.1) is 0 Å². The van der Waals surface area contributed by atoms with Crippen LogP contribution in [0, 0.1) is 0 Å². The van der Waals surface area contributed by atoms with Crippen LogP contribution in [0.4, 0.5) is 11.4 Å². The molecule has 3 N–H and O–H groups in total. The van der Waals surface area contributed by atoms with Crippen molar-refractivity contribution in [2.45, 2.75) is 32.9 Å². The highest BCUT2D eigenvalue weighted by Gasteiger charge is 2.16. The fourth-order valence-electron chi connectivity index (χ4n) is 2.60. The van der Waals surface area contributed by atoms with Crippen molar-refractivity contribution in [1.29, 1.82) is 0 Å². The van der Waals surface area contributed by atoms with Crippen molar-refractivity contribution < 1.29 is 0 Å². The third kappa shape index (κ3) is 3.96. The van der Waals surface area contributed by atoms with Crippen LogP contribution in [0.3, 0.4) is 0 Å². The third-order valence-corrected chi connectivity index (χ3v) is 4.13. The number of nitrogens with one attached hydrogen (secondary N) is 3. The number of aliphatic imine (C=N–C) groups is 1. The fourth-order valence-corrected chi connectivity index (χ4v) is 2.60. The molecule has 4 nitrogen and oxygen atoms in total. The molecule has 2 aromatic carbocycles. The van der Waals surface area contributed by atoms with E-state index in [0.717, 1.165) is 30.1 Å². The molecule has 0 saturated carbocycles. The molecule has 3 rings (SSSR count). The van der Waals surface area contributed by atoms with Crippen LogP contribution in [0.1, 0.15) is 25.0 Å². The second-order valence-electron chi connectivity index (χ2n) is 5.80. The summed E-state index contributed by atoms with van der Waals surface area (Å²) in [6, 6.07) is 17.0. The molecule has 1 atom stereocenters. The van der Waals surface area contributed by atoms with Crippen LogP contribution >= 0.6 is 0 Å². The molecule has 0 bridgehead atoms. The number of benzene rings is 2. The molecule has 0 radical (unpaired) electrons. The summed E-state index contributed by atoms with van der Waals surface area (Å²) in [7, 11) is 0. The Kier molecular flexibility index (Phi) is 5.16. The van der Waals surface area contributed by atoms with Gasteiger partial charge in [-0.05, 0) is 48.2 Å². The molecule has 1 heterocycles. The summed E-state index contributed by atoms with van der Waals surface area (Å²) in [5, 5.41) is 10.2. The largest absolute Gasteiger partial charge is 0.364 e. The number of aryl methyl sites for hydroxylation is 2. The van der Waals surface area contributed by atoms with Gasteiger partial charge in [-0.2, -0.15) is 0 Å². The predicted molar refractivity (Wildman–Crippen MR) is 102 cm³/mol. The highest BCUT2D eigenvalue weighted by Crippen LogP contribution is 2.14. The molecule has 0 aromatic heterocycles. The van der Waals surface area contributed by atoms with Gasteiger partial charge in [-0.15, -0.1) is 0 Å². The first-order valence-corrected chi connectivity index (χ1v) is 8.48. The molecule has 0 spiro atoms. The Morgan fingerprint density at radius 3 is 2.04 bits per heavy atom. The van der Waals surface area contributed by atoms with Crippen LogP contribution in [0.25, 0.3) is 0 Å². The minimum absolute atomic E-state index is 0.0895. The van der Waals surface area contributed by atoms with Gasteiger partial charge >= 0.3 is 0 Å². The molecule has 1 unspecified atom stereocenters. The van der Waals surface area contributed by atoms with E-state index in [1.54, 1.807) is 6.20 Å². The van der Waals surface area contributed by atoms with Crippen LogP contribution in [-0.4, -0.2) is 12.0 Å². The maximum absolute atomic E-state index is 4.48. The normalized spacial score (nSPS) is 16.2. The predicted octanol–water partition coefficient (Wildman–Crippen LogP) is 4.13. The Morgan fingerprint density at radius 1 is 0.875 bits per heavy atom. The number of amidine groups is 1. The second kappa shape index (κ2) is 7.68. The number of rotatable bonds is 5.